The van der Waals surface area contributed by atoms with Crippen LogP contribution in [0.4, 0.5) is 17.1 Å². The normalized spacial score (nSPS) is 10.2. The second-order valence-corrected chi connectivity index (χ2v) is 5.99. The predicted molar refractivity (Wildman–Crippen MR) is 108 cm³/mol. The van der Waals surface area contributed by atoms with E-state index in [1.54, 1.807) is 19.2 Å². The van der Waals surface area contributed by atoms with Gasteiger partial charge in [-0.25, -0.2) is 0 Å². The molecular formula is C21H20N4O3. The summed E-state index contributed by atoms with van der Waals surface area (Å²) in [5.74, 6) is 1.05. The van der Waals surface area contributed by atoms with Crippen LogP contribution in [0.1, 0.15) is 19.4 Å². The average molecular weight is 376 g/mol. The summed E-state index contributed by atoms with van der Waals surface area (Å²) < 4.78 is 10.8. The molecule has 3 rings (SSSR count). The van der Waals surface area contributed by atoms with Crippen LogP contribution in [0.15, 0.2) is 42.6 Å². The van der Waals surface area contributed by atoms with Crippen LogP contribution in [-0.2, 0) is 4.79 Å². The zero-order chi connectivity index (χ0) is 20.1. The minimum absolute atomic E-state index is 0.214. The Bertz CT molecular complexity index is 1060. The van der Waals surface area contributed by atoms with Crippen LogP contribution in [-0.4, -0.2) is 24.6 Å². The molecule has 142 valence electrons. The molecule has 0 atom stereocenters. The molecular weight excluding hydrogens is 356 g/mol. The number of ether oxygens (including phenoxy) is 2. The first-order valence-electron chi connectivity index (χ1n) is 8.74. The molecule has 7 heteroatoms. The molecule has 1 heterocycles. The molecule has 2 aromatic carbocycles. The predicted octanol–water partition coefficient (Wildman–Crippen LogP) is 4.22. The van der Waals surface area contributed by atoms with Gasteiger partial charge in [-0.3, -0.25) is 9.78 Å². The standard InChI is InChI=1S/C21H20N4O3/c1-4-28-20-10-18-17(9-19(20)24-13(2)26)21(14(11-22)12-23-18)25-15-5-7-16(27-3)8-6-15/h5-10,12H,4H2,1-3H3,(H,23,25)(H,24,26). The van der Waals surface area contributed by atoms with E-state index in [1.165, 1.54) is 13.1 Å². The molecule has 1 amide bonds. The maximum atomic E-state index is 11.6. The Kier molecular flexibility index (Phi) is 5.61. The Hall–Kier alpha value is -3.79. The van der Waals surface area contributed by atoms with Gasteiger partial charge in [0, 0.05) is 30.3 Å². The Morgan fingerprint density at radius 3 is 2.61 bits per heavy atom. The number of carbonyl (C=O) groups is 1. The fraction of sp³-hybridized carbons (Fsp3) is 0.190. The van der Waals surface area contributed by atoms with E-state index in [0.29, 0.717) is 40.2 Å². The molecule has 0 unspecified atom stereocenters. The highest BCUT2D eigenvalue weighted by Crippen LogP contribution is 2.36. The number of pyridine rings is 1. The van der Waals surface area contributed by atoms with Crippen LogP contribution in [0.2, 0.25) is 0 Å². The average Bonchev–Trinajstić information content (AvgIpc) is 2.69. The lowest BCUT2D eigenvalue weighted by Crippen LogP contribution is -2.08. The molecule has 2 N–H and O–H groups in total. The number of carbonyl (C=O) groups excluding carboxylic acids is 1. The van der Waals surface area contributed by atoms with Crippen molar-refractivity contribution in [3.05, 3.63) is 48.2 Å². The fourth-order valence-electron chi connectivity index (χ4n) is 2.82. The van der Waals surface area contributed by atoms with Gasteiger partial charge in [-0.15, -0.1) is 0 Å². The summed E-state index contributed by atoms with van der Waals surface area (Å²) in [4.78, 5) is 16.0. The first kappa shape index (κ1) is 19.0. The summed E-state index contributed by atoms with van der Waals surface area (Å²) >= 11 is 0. The van der Waals surface area contributed by atoms with E-state index in [2.05, 4.69) is 21.7 Å². The van der Waals surface area contributed by atoms with Crippen molar-refractivity contribution >= 4 is 33.9 Å². The van der Waals surface area contributed by atoms with E-state index in [-0.39, 0.29) is 5.91 Å². The van der Waals surface area contributed by atoms with Crippen molar-refractivity contribution in [2.24, 2.45) is 0 Å². The molecule has 0 spiro atoms. The maximum Gasteiger partial charge on any atom is 0.221 e. The highest BCUT2D eigenvalue weighted by atomic mass is 16.5. The third-order valence-corrected chi connectivity index (χ3v) is 4.06. The first-order chi connectivity index (χ1) is 13.5. The van der Waals surface area contributed by atoms with E-state index in [9.17, 15) is 10.1 Å². The molecule has 1 aromatic heterocycles. The summed E-state index contributed by atoms with van der Waals surface area (Å²) in [6.45, 7) is 3.75. The second-order valence-electron chi connectivity index (χ2n) is 5.99. The monoisotopic (exact) mass is 376 g/mol. The van der Waals surface area contributed by atoms with Crippen LogP contribution in [0.3, 0.4) is 0 Å². The smallest absolute Gasteiger partial charge is 0.221 e. The van der Waals surface area contributed by atoms with Gasteiger partial charge in [0.15, 0.2) is 0 Å². The first-order valence-corrected chi connectivity index (χ1v) is 8.74. The molecule has 0 bridgehead atoms. The van der Waals surface area contributed by atoms with Crippen LogP contribution >= 0.6 is 0 Å². The molecule has 0 saturated heterocycles. The van der Waals surface area contributed by atoms with Gasteiger partial charge in [-0.2, -0.15) is 5.26 Å². The SMILES string of the molecule is CCOc1cc2ncc(C#N)c(Nc3ccc(OC)cc3)c2cc1NC(C)=O. The van der Waals surface area contributed by atoms with Crippen molar-refractivity contribution in [3.63, 3.8) is 0 Å². The van der Waals surface area contributed by atoms with Crippen molar-refractivity contribution in [2.45, 2.75) is 13.8 Å². The van der Waals surface area contributed by atoms with E-state index >= 15 is 0 Å². The highest BCUT2D eigenvalue weighted by molar-refractivity contribution is 6.01. The summed E-state index contributed by atoms with van der Waals surface area (Å²) in [6.07, 6.45) is 1.52. The molecule has 0 radical (unpaired) electrons. The van der Waals surface area contributed by atoms with Gasteiger partial charge in [0.25, 0.3) is 0 Å². The highest BCUT2D eigenvalue weighted by Gasteiger charge is 2.14. The zero-order valence-corrected chi connectivity index (χ0v) is 15.9. The maximum absolute atomic E-state index is 11.6. The number of nitrogens with one attached hydrogen (secondary N) is 2. The molecule has 3 aromatic rings. The number of methoxy groups -OCH3 is 1. The van der Waals surface area contributed by atoms with Gasteiger partial charge >= 0.3 is 0 Å². The van der Waals surface area contributed by atoms with Crippen molar-refractivity contribution in [2.75, 3.05) is 24.4 Å². The zero-order valence-electron chi connectivity index (χ0n) is 15.9. The number of benzene rings is 2. The third-order valence-electron chi connectivity index (χ3n) is 4.06. The molecule has 7 nitrogen and oxygen atoms in total. The minimum Gasteiger partial charge on any atom is -0.497 e. The molecule has 0 aliphatic rings. The second kappa shape index (κ2) is 8.27. The van der Waals surface area contributed by atoms with Gasteiger partial charge in [0.2, 0.25) is 5.91 Å². The quantitative estimate of drug-likeness (QED) is 0.669. The number of rotatable bonds is 6. The van der Waals surface area contributed by atoms with E-state index in [0.717, 1.165) is 11.4 Å². The lowest BCUT2D eigenvalue weighted by Gasteiger charge is -2.16. The minimum atomic E-state index is -0.214. The lowest BCUT2D eigenvalue weighted by atomic mass is 10.1. The Labute approximate surface area is 162 Å². The Balaban J connectivity index is 2.15. The summed E-state index contributed by atoms with van der Waals surface area (Å²) in [6, 6.07) is 13.0. The number of nitriles is 1. The number of anilines is 3. The fourth-order valence-corrected chi connectivity index (χ4v) is 2.82. The number of fused-ring (bicyclic) bond motifs is 1. The Morgan fingerprint density at radius 2 is 2.00 bits per heavy atom. The summed E-state index contributed by atoms with van der Waals surface area (Å²) in [5, 5.41) is 16.3. The van der Waals surface area contributed by atoms with Gasteiger partial charge < -0.3 is 20.1 Å². The number of nitrogens with zero attached hydrogens (tertiary/aromatic N) is 2. The summed E-state index contributed by atoms with van der Waals surface area (Å²) in [5.41, 5.74) is 2.96. The lowest BCUT2D eigenvalue weighted by molar-refractivity contribution is -0.114. The number of aromatic nitrogens is 1. The van der Waals surface area contributed by atoms with Gasteiger partial charge in [-0.1, -0.05) is 0 Å². The molecule has 0 fully saturated rings. The molecule has 0 aliphatic carbocycles. The Morgan fingerprint density at radius 1 is 1.25 bits per heavy atom. The molecule has 28 heavy (non-hydrogen) atoms. The van der Waals surface area contributed by atoms with Crippen molar-refractivity contribution < 1.29 is 14.3 Å². The van der Waals surface area contributed by atoms with Gasteiger partial charge in [-0.05, 0) is 37.3 Å². The van der Waals surface area contributed by atoms with Crippen LogP contribution in [0.25, 0.3) is 10.9 Å². The number of hydrogen-bond donors (Lipinski definition) is 2. The summed E-state index contributed by atoms with van der Waals surface area (Å²) in [7, 11) is 1.60. The van der Waals surface area contributed by atoms with Crippen LogP contribution in [0, 0.1) is 11.3 Å². The van der Waals surface area contributed by atoms with E-state index in [4.69, 9.17) is 9.47 Å². The number of hydrogen-bond acceptors (Lipinski definition) is 6. The van der Waals surface area contributed by atoms with E-state index in [1.807, 2.05) is 31.2 Å². The molecule has 0 aliphatic heterocycles. The van der Waals surface area contributed by atoms with Gasteiger partial charge in [0.1, 0.15) is 17.6 Å². The van der Waals surface area contributed by atoms with Crippen LogP contribution in [0.5, 0.6) is 11.5 Å². The van der Waals surface area contributed by atoms with Gasteiger partial charge in [0.05, 0.1) is 36.2 Å². The molecule has 0 saturated carbocycles. The topological polar surface area (TPSA) is 96.3 Å². The number of amides is 1. The van der Waals surface area contributed by atoms with Crippen molar-refractivity contribution in [3.8, 4) is 17.6 Å². The largest absolute Gasteiger partial charge is 0.497 e. The van der Waals surface area contributed by atoms with Crippen molar-refractivity contribution in [1.29, 1.82) is 5.26 Å². The van der Waals surface area contributed by atoms with Crippen LogP contribution < -0.4 is 20.1 Å². The van der Waals surface area contributed by atoms with E-state index < -0.39 is 0 Å². The van der Waals surface area contributed by atoms with Crippen molar-refractivity contribution in [1.82, 2.24) is 4.98 Å². The third kappa shape index (κ3) is 3.96.